The topological polar surface area (TPSA) is 78.9 Å². The molecule has 0 fully saturated rings. The lowest BCUT2D eigenvalue weighted by atomic mass is 10.2. The van der Waals surface area contributed by atoms with E-state index in [0.717, 1.165) is 5.56 Å². The summed E-state index contributed by atoms with van der Waals surface area (Å²) in [5, 5.41) is 0. The van der Waals surface area contributed by atoms with Crippen molar-refractivity contribution in [3.05, 3.63) is 29.8 Å². The van der Waals surface area contributed by atoms with E-state index in [0.29, 0.717) is 6.42 Å². The molecule has 7 heteroatoms. The fraction of sp³-hybridized carbons (Fsp3) is 0.562. The normalized spacial score (nSPS) is 12.2. The van der Waals surface area contributed by atoms with E-state index in [9.17, 15) is 13.2 Å². The van der Waals surface area contributed by atoms with E-state index in [1.165, 1.54) is 12.1 Å². The fourth-order valence-electron chi connectivity index (χ4n) is 1.63. The van der Waals surface area contributed by atoms with Gasteiger partial charge in [0.1, 0.15) is 12.2 Å². The summed E-state index contributed by atoms with van der Waals surface area (Å²) in [5.74, 6) is -0.453. The van der Waals surface area contributed by atoms with E-state index >= 15 is 0 Å². The molecular formula is C16H24O6S. The van der Waals surface area contributed by atoms with E-state index in [-0.39, 0.29) is 24.7 Å². The van der Waals surface area contributed by atoms with Gasteiger partial charge in [-0.1, -0.05) is 17.7 Å². The molecule has 0 unspecified atom stereocenters. The van der Waals surface area contributed by atoms with Gasteiger partial charge in [-0.2, -0.15) is 8.42 Å². The molecule has 6 nitrogen and oxygen atoms in total. The standard InChI is InChI=1S/C16H24O6S/c1-13-6-8-14(9-7-13)23(18,19)21-11-5-10-20-12-15(17)22-16(2,3)4/h6-9H,5,10-12H2,1-4H3. The third-order valence-corrected chi connectivity index (χ3v) is 3.95. The molecular weight excluding hydrogens is 320 g/mol. The van der Waals surface area contributed by atoms with E-state index in [1.807, 2.05) is 6.92 Å². The van der Waals surface area contributed by atoms with Crippen LogP contribution >= 0.6 is 0 Å². The van der Waals surface area contributed by atoms with Crippen molar-refractivity contribution in [3.63, 3.8) is 0 Å². The molecule has 0 atom stereocenters. The van der Waals surface area contributed by atoms with Crippen LogP contribution in [-0.4, -0.2) is 39.8 Å². The molecule has 1 aromatic rings. The Morgan fingerprint density at radius 1 is 1.09 bits per heavy atom. The van der Waals surface area contributed by atoms with Gasteiger partial charge in [0.25, 0.3) is 10.1 Å². The van der Waals surface area contributed by atoms with Crippen LogP contribution in [0.4, 0.5) is 0 Å². The van der Waals surface area contributed by atoms with Crippen molar-refractivity contribution in [2.45, 2.75) is 44.6 Å². The molecule has 0 radical (unpaired) electrons. The van der Waals surface area contributed by atoms with Gasteiger partial charge in [-0.15, -0.1) is 0 Å². The van der Waals surface area contributed by atoms with Crippen LogP contribution in [0, 0.1) is 6.92 Å². The highest BCUT2D eigenvalue weighted by molar-refractivity contribution is 7.86. The highest BCUT2D eigenvalue weighted by Crippen LogP contribution is 2.13. The third-order valence-electron chi connectivity index (χ3n) is 2.62. The minimum atomic E-state index is -3.75. The highest BCUT2D eigenvalue weighted by atomic mass is 32.2. The van der Waals surface area contributed by atoms with Gasteiger partial charge in [0.15, 0.2) is 0 Å². The molecule has 0 aliphatic rings. The number of ether oxygens (including phenoxy) is 2. The maximum absolute atomic E-state index is 11.9. The molecule has 0 saturated heterocycles. The van der Waals surface area contributed by atoms with Crippen LogP contribution in [-0.2, 0) is 28.6 Å². The van der Waals surface area contributed by atoms with E-state index in [2.05, 4.69) is 0 Å². The Kier molecular flexibility index (Phi) is 7.18. The second kappa shape index (κ2) is 8.42. The second-order valence-electron chi connectivity index (χ2n) is 6.08. The molecule has 1 aromatic carbocycles. The van der Waals surface area contributed by atoms with E-state index in [1.54, 1.807) is 32.9 Å². The first kappa shape index (κ1) is 19.6. The minimum Gasteiger partial charge on any atom is -0.458 e. The molecule has 0 bridgehead atoms. The summed E-state index contributed by atoms with van der Waals surface area (Å²) in [6.07, 6.45) is 0.355. The minimum absolute atomic E-state index is 0.00940. The molecule has 0 aliphatic heterocycles. The molecule has 130 valence electrons. The third kappa shape index (κ3) is 8.11. The van der Waals surface area contributed by atoms with Crippen molar-refractivity contribution >= 4 is 16.1 Å². The van der Waals surface area contributed by atoms with Gasteiger partial charge in [0.2, 0.25) is 0 Å². The molecule has 0 spiro atoms. The lowest BCUT2D eigenvalue weighted by Gasteiger charge is -2.19. The average molecular weight is 344 g/mol. The average Bonchev–Trinajstić information content (AvgIpc) is 2.41. The van der Waals surface area contributed by atoms with Gasteiger partial charge in [-0.25, -0.2) is 4.79 Å². The van der Waals surface area contributed by atoms with Gasteiger partial charge in [0, 0.05) is 6.61 Å². The molecule has 0 aromatic heterocycles. The molecule has 1 rings (SSSR count). The summed E-state index contributed by atoms with van der Waals surface area (Å²) in [6.45, 7) is 7.23. The molecule has 0 N–H and O–H groups in total. The molecule has 0 saturated carbocycles. The van der Waals surface area contributed by atoms with Gasteiger partial charge >= 0.3 is 5.97 Å². The lowest BCUT2D eigenvalue weighted by molar-refractivity contribution is -0.160. The zero-order valence-corrected chi connectivity index (χ0v) is 14.8. The number of hydrogen-bond acceptors (Lipinski definition) is 6. The van der Waals surface area contributed by atoms with Gasteiger partial charge in [-0.3, -0.25) is 4.18 Å². The highest BCUT2D eigenvalue weighted by Gasteiger charge is 2.16. The van der Waals surface area contributed by atoms with Crippen LogP contribution in [0.1, 0.15) is 32.8 Å². The zero-order valence-electron chi connectivity index (χ0n) is 14.0. The van der Waals surface area contributed by atoms with Crippen molar-refractivity contribution in [1.82, 2.24) is 0 Å². The summed E-state index contributed by atoms with van der Waals surface area (Å²) in [6, 6.07) is 6.42. The van der Waals surface area contributed by atoms with E-state index < -0.39 is 21.7 Å². The number of esters is 1. The first-order valence-electron chi connectivity index (χ1n) is 7.36. The van der Waals surface area contributed by atoms with Gasteiger partial charge < -0.3 is 9.47 Å². The van der Waals surface area contributed by atoms with Crippen LogP contribution in [0.3, 0.4) is 0 Å². The van der Waals surface area contributed by atoms with Crippen molar-refractivity contribution in [1.29, 1.82) is 0 Å². The van der Waals surface area contributed by atoms with Crippen molar-refractivity contribution in [3.8, 4) is 0 Å². The van der Waals surface area contributed by atoms with Crippen molar-refractivity contribution in [2.24, 2.45) is 0 Å². The summed E-state index contributed by atoms with van der Waals surface area (Å²) in [4.78, 5) is 11.5. The van der Waals surface area contributed by atoms with Gasteiger partial charge in [0.05, 0.1) is 11.5 Å². The molecule has 0 amide bonds. The van der Waals surface area contributed by atoms with Crippen molar-refractivity contribution < 1.29 is 26.9 Å². The first-order chi connectivity index (χ1) is 10.6. The Labute approximate surface area is 137 Å². The predicted octanol–water partition coefficient (Wildman–Crippen LogP) is 2.45. The predicted molar refractivity (Wildman–Crippen MR) is 85.6 cm³/mol. The second-order valence-corrected chi connectivity index (χ2v) is 7.70. The number of rotatable bonds is 8. The largest absolute Gasteiger partial charge is 0.458 e. The van der Waals surface area contributed by atoms with Crippen LogP contribution in [0.2, 0.25) is 0 Å². The smallest absolute Gasteiger partial charge is 0.332 e. The lowest BCUT2D eigenvalue weighted by Crippen LogP contribution is -2.26. The number of aryl methyl sites for hydroxylation is 1. The zero-order chi connectivity index (χ0) is 17.5. The summed E-state index contributed by atoms with van der Waals surface area (Å²) < 4.78 is 38.9. The Hall–Kier alpha value is -1.44. The quantitative estimate of drug-likeness (QED) is 0.409. The number of carbonyl (C=O) groups is 1. The maximum atomic E-state index is 11.9. The van der Waals surface area contributed by atoms with Crippen LogP contribution < -0.4 is 0 Å². The Balaban J connectivity index is 2.24. The summed E-state index contributed by atoms with van der Waals surface area (Å²) in [7, 11) is -3.75. The molecule has 0 heterocycles. The number of hydrogen-bond donors (Lipinski definition) is 0. The Morgan fingerprint density at radius 2 is 1.70 bits per heavy atom. The Morgan fingerprint density at radius 3 is 2.26 bits per heavy atom. The first-order valence-corrected chi connectivity index (χ1v) is 8.77. The molecule has 0 aliphatic carbocycles. The van der Waals surface area contributed by atoms with Gasteiger partial charge in [-0.05, 0) is 46.2 Å². The van der Waals surface area contributed by atoms with Crippen LogP contribution in [0.15, 0.2) is 29.2 Å². The SMILES string of the molecule is Cc1ccc(S(=O)(=O)OCCCOCC(=O)OC(C)(C)C)cc1. The maximum Gasteiger partial charge on any atom is 0.332 e. The van der Waals surface area contributed by atoms with E-state index in [4.69, 9.17) is 13.7 Å². The monoisotopic (exact) mass is 344 g/mol. The molecule has 23 heavy (non-hydrogen) atoms. The van der Waals surface area contributed by atoms with Crippen molar-refractivity contribution in [2.75, 3.05) is 19.8 Å². The summed E-state index contributed by atoms with van der Waals surface area (Å²) >= 11 is 0. The number of benzene rings is 1. The summed E-state index contributed by atoms with van der Waals surface area (Å²) in [5.41, 5.74) is 0.422. The number of carbonyl (C=O) groups excluding carboxylic acids is 1. The fourth-order valence-corrected chi connectivity index (χ4v) is 2.57. The van der Waals surface area contributed by atoms with Crippen LogP contribution in [0.5, 0.6) is 0 Å². The van der Waals surface area contributed by atoms with Crippen LogP contribution in [0.25, 0.3) is 0 Å². The Bertz CT molecular complexity index is 598.